The molecule has 1 N–H and O–H groups in total. The molecule has 0 amide bonds. The van der Waals surface area contributed by atoms with Gasteiger partial charge in [-0.3, -0.25) is 4.99 Å². The molecule has 2 aliphatic heterocycles. The first-order valence-electron chi connectivity index (χ1n) is 8.36. The lowest BCUT2D eigenvalue weighted by Crippen LogP contribution is -2.19. The number of fused-ring (bicyclic) bond motifs is 1. The molecule has 0 saturated carbocycles. The number of amidine groups is 1. The molecule has 0 bridgehead atoms. The zero-order valence-corrected chi connectivity index (χ0v) is 15.5. The van der Waals surface area contributed by atoms with Gasteiger partial charge in [-0.05, 0) is 17.9 Å². The standard InChI is InChI=1S/C18H22N4S2/c1-21-9-4-7-16(21)19-8-11-24-17-14-5-2-3-6-15(14)20-18(17)22-10-12-23-13-22/h2-3,5-6,10,12,20H,4,7-9,11,13H2,1H3/b19-16+. The Balaban J connectivity index is 1.52. The molecule has 0 unspecified atom stereocenters. The Hall–Kier alpha value is -1.53. The van der Waals surface area contributed by atoms with Gasteiger partial charge in [0.15, 0.2) is 0 Å². The predicted octanol–water partition coefficient (Wildman–Crippen LogP) is 4.37. The van der Waals surface area contributed by atoms with Gasteiger partial charge in [0.25, 0.3) is 0 Å². The molecular weight excluding hydrogens is 336 g/mol. The van der Waals surface area contributed by atoms with E-state index in [-0.39, 0.29) is 0 Å². The van der Waals surface area contributed by atoms with Crippen LogP contribution in [-0.2, 0) is 0 Å². The maximum Gasteiger partial charge on any atom is 0.125 e. The van der Waals surface area contributed by atoms with Crippen LogP contribution in [0.4, 0.5) is 5.82 Å². The number of aromatic nitrogens is 1. The summed E-state index contributed by atoms with van der Waals surface area (Å²) in [6.45, 7) is 2.03. The van der Waals surface area contributed by atoms with Crippen LogP contribution < -0.4 is 4.90 Å². The fourth-order valence-electron chi connectivity index (χ4n) is 3.19. The van der Waals surface area contributed by atoms with Gasteiger partial charge in [-0.1, -0.05) is 18.2 Å². The molecule has 1 saturated heterocycles. The van der Waals surface area contributed by atoms with E-state index in [1.165, 1.54) is 33.9 Å². The van der Waals surface area contributed by atoms with Crippen LogP contribution in [-0.4, -0.2) is 47.5 Å². The number of thioether (sulfide) groups is 2. The molecule has 0 atom stereocenters. The van der Waals surface area contributed by atoms with Crippen molar-refractivity contribution in [2.24, 2.45) is 4.99 Å². The van der Waals surface area contributed by atoms with E-state index < -0.39 is 0 Å². The van der Waals surface area contributed by atoms with Gasteiger partial charge >= 0.3 is 0 Å². The lowest BCUT2D eigenvalue weighted by Gasteiger charge is -2.15. The number of nitrogens with zero attached hydrogens (tertiary/aromatic N) is 3. The first-order valence-corrected chi connectivity index (χ1v) is 10.4. The summed E-state index contributed by atoms with van der Waals surface area (Å²) < 4.78 is 0. The Morgan fingerprint density at radius 2 is 2.25 bits per heavy atom. The smallest absolute Gasteiger partial charge is 0.125 e. The van der Waals surface area contributed by atoms with Gasteiger partial charge in [0.05, 0.1) is 23.2 Å². The van der Waals surface area contributed by atoms with Crippen molar-refractivity contribution in [3.05, 3.63) is 35.9 Å². The number of nitrogens with one attached hydrogen (secondary N) is 1. The van der Waals surface area contributed by atoms with Crippen molar-refractivity contribution in [3.8, 4) is 0 Å². The monoisotopic (exact) mass is 358 g/mol. The van der Waals surface area contributed by atoms with E-state index in [0.29, 0.717) is 0 Å². The fourth-order valence-corrected chi connectivity index (χ4v) is 4.91. The van der Waals surface area contributed by atoms with Crippen molar-refractivity contribution < 1.29 is 0 Å². The van der Waals surface area contributed by atoms with Crippen LogP contribution in [0.5, 0.6) is 0 Å². The molecule has 0 aliphatic carbocycles. The molecule has 0 spiro atoms. The predicted molar refractivity (Wildman–Crippen MR) is 107 cm³/mol. The number of aliphatic imine (C=N–C) groups is 1. The number of hydrogen-bond acceptors (Lipinski definition) is 4. The summed E-state index contributed by atoms with van der Waals surface area (Å²) in [4.78, 5) is 14.3. The molecule has 1 fully saturated rings. The first kappa shape index (κ1) is 16.0. The normalized spacial score (nSPS) is 19.3. The third kappa shape index (κ3) is 3.17. The van der Waals surface area contributed by atoms with Crippen molar-refractivity contribution in [1.29, 1.82) is 0 Å². The van der Waals surface area contributed by atoms with Crippen LogP contribution in [0, 0.1) is 0 Å². The molecule has 0 radical (unpaired) electrons. The second-order valence-electron chi connectivity index (χ2n) is 6.07. The molecule has 4 rings (SSSR count). The second-order valence-corrected chi connectivity index (χ2v) is 8.04. The summed E-state index contributed by atoms with van der Waals surface area (Å²) in [6.07, 6.45) is 4.54. The summed E-state index contributed by atoms with van der Waals surface area (Å²) in [6, 6.07) is 8.57. The minimum Gasteiger partial charge on any atom is -0.363 e. The molecule has 2 aliphatic rings. The summed E-state index contributed by atoms with van der Waals surface area (Å²) in [7, 11) is 2.15. The van der Waals surface area contributed by atoms with Crippen LogP contribution in [0.3, 0.4) is 0 Å². The van der Waals surface area contributed by atoms with Gasteiger partial charge in [-0.15, -0.1) is 23.5 Å². The van der Waals surface area contributed by atoms with E-state index >= 15 is 0 Å². The summed E-state index contributed by atoms with van der Waals surface area (Å²) >= 11 is 3.74. The third-order valence-electron chi connectivity index (χ3n) is 4.44. The lowest BCUT2D eigenvalue weighted by atomic mass is 10.2. The molecular formula is C18H22N4S2. The number of H-pyrrole nitrogens is 1. The van der Waals surface area contributed by atoms with E-state index in [1.54, 1.807) is 0 Å². The SMILES string of the molecule is CN1CCC/C1=N\CCSc1c(N2C=CSC2)[nH]c2ccccc12. The van der Waals surface area contributed by atoms with E-state index in [9.17, 15) is 0 Å². The zero-order valence-electron chi connectivity index (χ0n) is 13.9. The van der Waals surface area contributed by atoms with Crippen LogP contribution in [0.25, 0.3) is 10.9 Å². The van der Waals surface area contributed by atoms with Gasteiger partial charge < -0.3 is 14.8 Å². The highest BCUT2D eigenvalue weighted by molar-refractivity contribution is 8.02. The highest BCUT2D eigenvalue weighted by Crippen LogP contribution is 2.39. The largest absolute Gasteiger partial charge is 0.363 e. The molecule has 4 nitrogen and oxygen atoms in total. The van der Waals surface area contributed by atoms with Gasteiger partial charge in [0, 0.05) is 42.9 Å². The summed E-state index contributed by atoms with van der Waals surface area (Å²) in [5.41, 5.74) is 1.21. The maximum atomic E-state index is 4.79. The molecule has 1 aromatic heterocycles. The van der Waals surface area contributed by atoms with Crippen LogP contribution in [0.2, 0.25) is 0 Å². The Morgan fingerprint density at radius 1 is 1.33 bits per heavy atom. The van der Waals surface area contributed by atoms with Crippen molar-refractivity contribution >= 4 is 46.1 Å². The number of likely N-dealkylation sites (tertiary alicyclic amines) is 1. The number of rotatable bonds is 5. The van der Waals surface area contributed by atoms with Gasteiger partial charge in [-0.25, -0.2) is 0 Å². The van der Waals surface area contributed by atoms with E-state index in [2.05, 4.69) is 57.7 Å². The fraction of sp³-hybridized carbons (Fsp3) is 0.389. The lowest BCUT2D eigenvalue weighted by molar-refractivity contribution is 0.548. The van der Waals surface area contributed by atoms with E-state index in [0.717, 1.165) is 31.1 Å². The van der Waals surface area contributed by atoms with Crippen LogP contribution in [0.15, 0.2) is 45.8 Å². The Morgan fingerprint density at radius 3 is 3.04 bits per heavy atom. The van der Waals surface area contributed by atoms with E-state index in [1.807, 2.05) is 23.5 Å². The van der Waals surface area contributed by atoms with Gasteiger partial charge in [0.2, 0.25) is 0 Å². The molecule has 3 heterocycles. The van der Waals surface area contributed by atoms with Crippen LogP contribution >= 0.6 is 23.5 Å². The first-order chi connectivity index (χ1) is 11.8. The Kier molecular flexibility index (Phi) is 4.76. The quantitative estimate of drug-likeness (QED) is 0.636. The average Bonchev–Trinajstić information content (AvgIpc) is 3.32. The highest BCUT2D eigenvalue weighted by Gasteiger charge is 2.18. The average molecular weight is 359 g/mol. The van der Waals surface area contributed by atoms with Crippen LogP contribution in [0.1, 0.15) is 12.8 Å². The number of para-hydroxylation sites is 1. The number of benzene rings is 1. The van der Waals surface area contributed by atoms with Crippen molar-refractivity contribution in [2.45, 2.75) is 17.7 Å². The molecule has 24 heavy (non-hydrogen) atoms. The molecule has 126 valence electrons. The minimum atomic E-state index is 0.883. The molecule has 1 aromatic carbocycles. The van der Waals surface area contributed by atoms with Gasteiger partial charge in [-0.2, -0.15) is 0 Å². The number of aromatic amines is 1. The topological polar surface area (TPSA) is 34.6 Å². The zero-order chi connectivity index (χ0) is 16.4. The summed E-state index contributed by atoms with van der Waals surface area (Å²) in [5.74, 6) is 4.48. The Bertz CT molecular complexity index is 780. The van der Waals surface area contributed by atoms with Gasteiger partial charge in [0.1, 0.15) is 5.82 Å². The van der Waals surface area contributed by atoms with Crippen molar-refractivity contribution in [2.75, 3.05) is 36.7 Å². The number of anilines is 1. The molecule has 6 heteroatoms. The maximum absolute atomic E-state index is 4.79. The molecule has 2 aromatic rings. The Labute approximate surface area is 151 Å². The highest BCUT2D eigenvalue weighted by atomic mass is 32.2. The number of hydrogen-bond donors (Lipinski definition) is 1. The van der Waals surface area contributed by atoms with E-state index in [4.69, 9.17) is 4.99 Å². The second kappa shape index (κ2) is 7.15. The third-order valence-corrected chi connectivity index (χ3v) is 6.27. The summed E-state index contributed by atoms with van der Waals surface area (Å²) in [5, 5.41) is 3.47. The minimum absolute atomic E-state index is 0.883. The van der Waals surface area contributed by atoms with Crippen molar-refractivity contribution in [3.63, 3.8) is 0 Å². The van der Waals surface area contributed by atoms with Crippen molar-refractivity contribution in [1.82, 2.24) is 9.88 Å².